The average molecular weight is 689 g/mol. The highest BCUT2D eigenvalue weighted by molar-refractivity contribution is 14.1. The molecule has 1 aromatic rings. The summed E-state index contributed by atoms with van der Waals surface area (Å²) in [5, 5.41) is 0. The van der Waals surface area contributed by atoms with Gasteiger partial charge < -0.3 is 4.74 Å². The van der Waals surface area contributed by atoms with Crippen LogP contribution in [-0.4, -0.2) is 26.5 Å². The Balaban J connectivity index is 2.55. The normalized spacial score (nSPS) is 12.1. The molecule has 0 saturated heterocycles. The number of esters is 1. The third kappa shape index (κ3) is 10.4. The summed E-state index contributed by atoms with van der Waals surface area (Å²) in [6.45, 7) is 2.32. The summed E-state index contributed by atoms with van der Waals surface area (Å²) in [7, 11) is -5.65. The number of benzene rings is 1. The van der Waals surface area contributed by atoms with Crippen LogP contribution in [0.4, 0.5) is 18.9 Å². The number of alkyl halides is 3. The topological polar surface area (TPSA) is 72.5 Å². The summed E-state index contributed by atoms with van der Waals surface area (Å²) in [6.07, 6.45) is 11.2. The molecule has 0 spiro atoms. The van der Waals surface area contributed by atoms with Gasteiger partial charge in [-0.05, 0) is 63.7 Å². The monoisotopic (exact) mass is 689 g/mol. The van der Waals surface area contributed by atoms with Gasteiger partial charge in [-0.3, -0.25) is 4.72 Å². The van der Waals surface area contributed by atoms with Crippen LogP contribution in [0.5, 0.6) is 0 Å². The zero-order valence-corrected chi connectivity index (χ0v) is 22.5. The van der Waals surface area contributed by atoms with Gasteiger partial charge in [0.15, 0.2) is 0 Å². The molecule has 11 heteroatoms. The molecular weight excluding hydrogens is 661 g/mol. The Morgan fingerprint density at radius 1 is 0.968 bits per heavy atom. The number of halogens is 5. The van der Waals surface area contributed by atoms with Gasteiger partial charge in [0.05, 0.1) is 17.9 Å². The average Bonchev–Trinajstić information content (AvgIpc) is 2.66. The molecule has 0 aliphatic carbocycles. The van der Waals surface area contributed by atoms with Crippen molar-refractivity contribution in [1.82, 2.24) is 0 Å². The lowest BCUT2D eigenvalue weighted by Crippen LogP contribution is -2.31. The number of unbranched alkanes of at least 4 members (excludes halogenated alkanes) is 9. The lowest BCUT2D eigenvalue weighted by Gasteiger charge is -2.16. The molecule has 0 fully saturated rings. The number of hydrogen-bond acceptors (Lipinski definition) is 4. The highest BCUT2D eigenvalue weighted by Gasteiger charge is 2.46. The van der Waals surface area contributed by atoms with Gasteiger partial charge in [0, 0.05) is 7.14 Å². The number of hydrogen-bond donors (Lipinski definition) is 1. The van der Waals surface area contributed by atoms with E-state index < -0.39 is 27.2 Å². The minimum atomic E-state index is -5.65. The van der Waals surface area contributed by atoms with Crippen LogP contribution in [0.25, 0.3) is 0 Å². The van der Waals surface area contributed by atoms with Gasteiger partial charge in [-0.15, -0.1) is 0 Å². The third-order valence-corrected chi connectivity index (χ3v) is 7.10. The van der Waals surface area contributed by atoms with Gasteiger partial charge in [-0.1, -0.05) is 64.7 Å². The molecule has 0 amide bonds. The van der Waals surface area contributed by atoms with E-state index in [-0.39, 0.29) is 15.7 Å². The van der Waals surface area contributed by atoms with Crippen molar-refractivity contribution >= 4 is 66.9 Å². The van der Waals surface area contributed by atoms with Crippen molar-refractivity contribution in [2.45, 2.75) is 76.6 Å². The molecule has 0 aromatic heterocycles. The van der Waals surface area contributed by atoms with Crippen molar-refractivity contribution in [3.8, 4) is 0 Å². The Bertz CT molecular complexity index is 817. The number of ether oxygens (including phenoxy) is 1. The van der Waals surface area contributed by atoms with E-state index in [1.165, 1.54) is 55.4 Å². The Hall–Kier alpha value is -0.310. The van der Waals surface area contributed by atoms with Gasteiger partial charge in [0.1, 0.15) is 0 Å². The molecule has 1 rings (SSSR count). The molecule has 0 atom stereocenters. The number of sulfonamides is 1. The lowest BCUT2D eigenvalue weighted by molar-refractivity contribution is -0.0429. The maximum absolute atomic E-state index is 12.7. The van der Waals surface area contributed by atoms with Crippen molar-refractivity contribution in [2.75, 3.05) is 11.3 Å². The first-order valence-electron chi connectivity index (χ1n) is 10.2. The number of carbonyl (C=O) groups is 1. The van der Waals surface area contributed by atoms with Crippen LogP contribution in [0.2, 0.25) is 0 Å². The van der Waals surface area contributed by atoms with E-state index in [2.05, 4.69) is 6.92 Å². The molecular formula is C20H28F3I2NO4S. The van der Waals surface area contributed by atoms with Crippen LogP contribution < -0.4 is 4.72 Å². The van der Waals surface area contributed by atoms with E-state index in [0.29, 0.717) is 9.99 Å². The van der Waals surface area contributed by atoms with Crippen molar-refractivity contribution in [3.05, 3.63) is 24.8 Å². The van der Waals surface area contributed by atoms with Gasteiger partial charge in [0.25, 0.3) is 0 Å². The van der Waals surface area contributed by atoms with Crippen molar-refractivity contribution in [2.24, 2.45) is 0 Å². The van der Waals surface area contributed by atoms with Crippen molar-refractivity contribution < 1.29 is 31.1 Å². The van der Waals surface area contributed by atoms with Crippen molar-refractivity contribution in [1.29, 1.82) is 0 Å². The number of anilines is 1. The molecule has 0 bridgehead atoms. The zero-order valence-electron chi connectivity index (χ0n) is 17.4. The van der Waals surface area contributed by atoms with Crippen LogP contribution in [-0.2, 0) is 14.8 Å². The largest absolute Gasteiger partial charge is 0.516 e. The van der Waals surface area contributed by atoms with Gasteiger partial charge in [-0.25, -0.2) is 4.79 Å². The minimum absolute atomic E-state index is 0.128. The van der Waals surface area contributed by atoms with Crippen LogP contribution >= 0.6 is 45.2 Å². The molecule has 5 nitrogen and oxygen atoms in total. The molecule has 0 aliphatic heterocycles. The minimum Gasteiger partial charge on any atom is -0.462 e. The quantitative estimate of drug-likeness (QED) is 0.127. The van der Waals surface area contributed by atoms with Gasteiger partial charge in [-0.2, -0.15) is 21.6 Å². The summed E-state index contributed by atoms with van der Waals surface area (Å²) < 4.78 is 68.6. The van der Waals surface area contributed by atoms with E-state index in [0.717, 1.165) is 19.3 Å². The smallest absolute Gasteiger partial charge is 0.462 e. The van der Waals surface area contributed by atoms with Crippen LogP contribution in [0, 0.1) is 7.14 Å². The second-order valence-corrected chi connectivity index (χ2v) is 11.3. The Labute approximate surface area is 209 Å². The Morgan fingerprint density at radius 3 is 2.00 bits per heavy atom. The van der Waals surface area contributed by atoms with E-state index in [9.17, 15) is 26.4 Å². The zero-order chi connectivity index (χ0) is 23.5. The molecule has 0 aliphatic rings. The molecule has 0 unspecified atom stereocenters. The summed E-state index contributed by atoms with van der Waals surface area (Å²) in [6, 6.07) is 2.77. The Kier molecular flexibility index (Phi) is 13.0. The number of nitrogens with one attached hydrogen (secondary N) is 1. The van der Waals surface area contributed by atoms with E-state index in [1.807, 2.05) is 22.6 Å². The summed E-state index contributed by atoms with van der Waals surface area (Å²) in [5.41, 5.74) is -6.15. The van der Waals surface area contributed by atoms with E-state index >= 15 is 0 Å². The highest BCUT2D eigenvalue weighted by Crippen LogP contribution is 2.32. The lowest BCUT2D eigenvalue weighted by atomic mass is 10.1. The molecule has 31 heavy (non-hydrogen) atoms. The maximum Gasteiger partial charge on any atom is 0.516 e. The van der Waals surface area contributed by atoms with Crippen molar-refractivity contribution in [3.63, 3.8) is 0 Å². The SMILES string of the molecule is CCCCCCCCCCCCOC(=O)c1cc(I)cc(I)c1NS(=O)(=O)C(F)(F)F. The predicted octanol–water partition coefficient (Wildman–Crippen LogP) is 7.24. The summed E-state index contributed by atoms with van der Waals surface area (Å²) >= 11 is 3.58. The first kappa shape index (κ1) is 28.7. The van der Waals surface area contributed by atoms with Crippen LogP contribution in [0.1, 0.15) is 81.5 Å². The first-order chi connectivity index (χ1) is 14.5. The molecule has 1 aromatic carbocycles. The summed E-state index contributed by atoms with van der Waals surface area (Å²) in [5.74, 6) is -0.854. The maximum atomic E-state index is 12.7. The van der Waals surface area contributed by atoms with E-state index in [4.69, 9.17) is 4.74 Å². The molecule has 0 heterocycles. The molecule has 0 saturated carbocycles. The highest BCUT2D eigenvalue weighted by atomic mass is 127. The predicted molar refractivity (Wildman–Crippen MR) is 133 cm³/mol. The fourth-order valence-corrected chi connectivity index (χ4v) is 5.63. The second-order valence-electron chi connectivity index (χ2n) is 7.18. The molecule has 178 valence electrons. The standard InChI is InChI=1S/C20H28F3I2NO4S/c1-2-3-4-5-6-7-8-9-10-11-12-30-19(27)16-13-15(24)14-17(25)18(16)26-31(28,29)20(21,22)23/h13-14,26H,2-12H2,1H3. The summed E-state index contributed by atoms with van der Waals surface area (Å²) in [4.78, 5) is 12.4. The third-order valence-electron chi connectivity index (χ3n) is 4.55. The Morgan fingerprint density at radius 2 is 1.48 bits per heavy atom. The first-order valence-corrected chi connectivity index (χ1v) is 13.9. The fourth-order valence-electron chi connectivity index (χ4n) is 2.86. The van der Waals surface area contributed by atoms with Crippen LogP contribution in [0.15, 0.2) is 12.1 Å². The number of rotatable bonds is 14. The molecule has 1 N–H and O–H groups in total. The van der Waals surface area contributed by atoms with E-state index in [1.54, 1.807) is 22.6 Å². The van der Waals surface area contributed by atoms with Gasteiger partial charge >= 0.3 is 21.5 Å². The number of carbonyl (C=O) groups excluding carboxylic acids is 1. The van der Waals surface area contributed by atoms with Crippen LogP contribution in [0.3, 0.4) is 0 Å². The second kappa shape index (κ2) is 14.1. The van der Waals surface area contributed by atoms with Gasteiger partial charge in [0.2, 0.25) is 0 Å². The molecule has 0 radical (unpaired) electrons. The fraction of sp³-hybridized carbons (Fsp3) is 0.650.